The third kappa shape index (κ3) is 8.83. The number of nitriles is 1. The number of hydrogen-bond acceptors (Lipinski definition) is 8. The molecule has 0 unspecified atom stereocenters. The van der Waals surface area contributed by atoms with Gasteiger partial charge in [-0.1, -0.05) is 5.16 Å². The Morgan fingerprint density at radius 2 is 2.10 bits per heavy atom. The first-order valence-electron chi connectivity index (χ1n) is 9.88. The zero-order chi connectivity index (χ0) is 21.1. The van der Waals surface area contributed by atoms with Crippen molar-refractivity contribution in [2.45, 2.75) is 58.5 Å². The van der Waals surface area contributed by atoms with Crippen LogP contribution in [-0.2, 0) is 28.8 Å². The molecule has 0 aromatic carbocycles. The fourth-order valence-corrected chi connectivity index (χ4v) is 2.91. The number of ether oxygens (including phenoxy) is 1. The van der Waals surface area contributed by atoms with E-state index in [2.05, 4.69) is 25.2 Å². The summed E-state index contributed by atoms with van der Waals surface area (Å²) in [5.74, 6) is 2.14. The lowest BCUT2D eigenvalue weighted by molar-refractivity contribution is -0.138. The number of hydrogen-bond donors (Lipinski definition) is 1. The highest BCUT2D eigenvalue weighted by molar-refractivity contribution is 5.37. The Hall–Kier alpha value is -2.79. The summed E-state index contributed by atoms with van der Waals surface area (Å²) in [7, 11) is 0. The summed E-state index contributed by atoms with van der Waals surface area (Å²) in [5.41, 5.74) is 1.18. The lowest BCUT2D eigenvalue weighted by atomic mass is 9.94. The molecule has 0 saturated carbocycles. The zero-order valence-corrected chi connectivity index (χ0v) is 17.4. The van der Waals surface area contributed by atoms with Gasteiger partial charge in [-0.05, 0) is 76.7 Å². The average Bonchev–Trinajstić information content (AvgIpc) is 3.14. The molecule has 2 aromatic rings. The van der Waals surface area contributed by atoms with Gasteiger partial charge in [0.25, 0.3) is 6.47 Å². The maximum absolute atomic E-state index is 9.60. The number of rotatable bonds is 6. The number of nitrogens with one attached hydrogen (secondary N) is 1. The summed E-state index contributed by atoms with van der Waals surface area (Å²) < 4.78 is 9.88. The Morgan fingerprint density at radius 1 is 1.34 bits per heavy atom. The first-order valence-corrected chi connectivity index (χ1v) is 9.88. The maximum atomic E-state index is 9.60. The van der Waals surface area contributed by atoms with Crippen molar-refractivity contribution in [3.8, 4) is 6.07 Å². The third-order valence-electron chi connectivity index (χ3n) is 4.41. The average molecular weight is 399 g/mol. The molecule has 3 rings (SSSR count). The van der Waals surface area contributed by atoms with Gasteiger partial charge in [0.05, 0.1) is 0 Å². The minimum absolute atomic E-state index is 0.318. The summed E-state index contributed by atoms with van der Waals surface area (Å²) in [6.45, 7) is 8.08. The lowest BCUT2D eigenvalue weighted by Gasteiger charge is -2.20. The Labute approximate surface area is 171 Å². The Kier molecular flexibility index (Phi) is 8.74. The summed E-state index contributed by atoms with van der Waals surface area (Å²) in [4.78, 5) is 18.0. The molecule has 1 N–H and O–H groups in total. The van der Waals surface area contributed by atoms with Gasteiger partial charge in [0.1, 0.15) is 17.4 Å². The molecule has 1 aliphatic rings. The van der Waals surface area contributed by atoms with Crippen LogP contribution in [0, 0.1) is 17.2 Å². The van der Waals surface area contributed by atoms with Crippen molar-refractivity contribution in [3.63, 3.8) is 0 Å². The second kappa shape index (κ2) is 11.3. The lowest BCUT2D eigenvalue weighted by Crippen LogP contribution is -2.28. The van der Waals surface area contributed by atoms with E-state index in [0.29, 0.717) is 30.4 Å². The number of nitrogens with zero attached hydrogens (tertiary/aromatic N) is 4. The van der Waals surface area contributed by atoms with Crippen LogP contribution in [0.15, 0.2) is 22.9 Å². The van der Waals surface area contributed by atoms with Crippen LogP contribution in [-0.4, -0.2) is 40.3 Å². The largest absolute Gasteiger partial charge is 0.462 e. The van der Waals surface area contributed by atoms with E-state index in [0.717, 1.165) is 37.3 Å². The predicted molar refractivity (Wildman–Crippen MR) is 107 cm³/mol. The van der Waals surface area contributed by atoms with Crippen LogP contribution in [0.25, 0.3) is 0 Å². The monoisotopic (exact) mass is 399 g/mol. The Balaban J connectivity index is 0.000000370. The van der Waals surface area contributed by atoms with Crippen LogP contribution < -0.4 is 5.32 Å². The number of pyridine rings is 1. The summed E-state index contributed by atoms with van der Waals surface area (Å²) in [5, 5.41) is 16.3. The highest BCUT2D eigenvalue weighted by Crippen LogP contribution is 2.16. The second-order valence-electron chi connectivity index (χ2n) is 7.99. The SMILES string of the molecule is CC(C)(C)OC=O.N#Cc1cc(CCc2nc(CC3CCNCC3)no2)ccn1. The highest BCUT2D eigenvalue weighted by Gasteiger charge is 2.17. The molecule has 0 spiro atoms. The van der Waals surface area contributed by atoms with Crippen molar-refractivity contribution in [1.82, 2.24) is 20.4 Å². The molecule has 8 nitrogen and oxygen atoms in total. The van der Waals surface area contributed by atoms with Crippen LogP contribution in [0.3, 0.4) is 0 Å². The van der Waals surface area contributed by atoms with E-state index in [1.807, 2.05) is 32.9 Å². The fraction of sp³-hybridized carbons (Fsp3) is 0.571. The highest BCUT2D eigenvalue weighted by atomic mass is 16.5. The maximum Gasteiger partial charge on any atom is 0.293 e. The molecule has 1 aliphatic heterocycles. The Bertz CT molecular complexity index is 801. The van der Waals surface area contributed by atoms with Crippen molar-refractivity contribution in [1.29, 1.82) is 5.26 Å². The molecule has 1 fully saturated rings. The van der Waals surface area contributed by atoms with Gasteiger partial charge in [-0.25, -0.2) is 4.98 Å². The molecule has 0 atom stereocenters. The third-order valence-corrected chi connectivity index (χ3v) is 4.41. The normalized spacial score (nSPS) is 14.4. The standard InChI is InChI=1S/C16H19N5O.C5H10O2/c17-11-14-9-12(5-8-19-14)1-2-16-20-15(21-22-16)10-13-3-6-18-7-4-13;1-5(2,3)7-4-6/h5,8-9,13,18H,1-4,6-7,10H2;4H,1-3H3. The van der Waals surface area contributed by atoms with Gasteiger partial charge in [0.15, 0.2) is 5.82 Å². The van der Waals surface area contributed by atoms with Crippen molar-refractivity contribution in [2.24, 2.45) is 5.92 Å². The summed E-state index contributed by atoms with van der Waals surface area (Å²) in [6.07, 6.45) is 6.37. The van der Waals surface area contributed by atoms with E-state index in [9.17, 15) is 4.79 Å². The molecule has 0 radical (unpaired) electrons. The van der Waals surface area contributed by atoms with E-state index < -0.39 is 0 Å². The van der Waals surface area contributed by atoms with Crippen molar-refractivity contribution in [2.75, 3.05) is 13.1 Å². The van der Waals surface area contributed by atoms with E-state index in [1.165, 1.54) is 12.8 Å². The van der Waals surface area contributed by atoms with Crippen LogP contribution in [0.4, 0.5) is 0 Å². The molecule has 1 saturated heterocycles. The van der Waals surface area contributed by atoms with Crippen LogP contribution in [0.1, 0.15) is 56.6 Å². The molecule has 0 bridgehead atoms. The van der Waals surface area contributed by atoms with Gasteiger partial charge in [-0.15, -0.1) is 0 Å². The van der Waals surface area contributed by atoms with Crippen molar-refractivity contribution >= 4 is 6.47 Å². The molecule has 0 aliphatic carbocycles. The molecular weight excluding hydrogens is 370 g/mol. The van der Waals surface area contributed by atoms with Gasteiger partial charge in [-0.2, -0.15) is 10.2 Å². The topological polar surface area (TPSA) is 114 Å². The summed E-state index contributed by atoms with van der Waals surface area (Å²) >= 11 is 0. The van der Waals surface area contributed by atoms with Gasteiger partial charge in [-0.3, -0.25) is 4.79 Å². The van der Waals surface area contributed by atoms with Gasteiger partial charge >= 0.3 is 0 Å². The molecule has 29 heavy (non-hydrogen) atoms. The number of carbonyl (C=O) groups excluding carboxylic acids is 1. The molecule has 3 heterocycles. The van der Waals surface area contributed by atoms with Crippen molar-refractivity contribution in [3.05, 3.63) is 41.3 Å². The Morgan fingerprint density at radius 3 is 2.72 bits per heavy atom. The minimum atomic E-state index is -0.318. The van der Waals surface area contributed by atoms with E-state index >= 15 is 0 Å². The molecule has 2 aromatic heterocycles. The first kappa shape index (κ1) is 22.5. The smallest absolute Gasteiger partial charge is 0.293 e. The number of piperidine rings is 1. The number of aromatic nitrogens is 3. The molecular formula is C21H29N5O3. The quantitative estimate of drug-likeness (QED) is 0.737. The van der Waals surface area contributed by atoms with Gasteiger partial charge in [0.2, 0.25) is 5.89 Å². The number of carbonyl (C=O) groups is 1. The fourth-order valence-electron chi connectivity index (χ4n) is 2.91. The van der Waals surface area contributed by atoms with Crippen LogP contribution in [0.2, 0.25) is 0 Å². The van der Waals surface area contributed by atoms with Crippen LogP contribution in [0.5, 0.6) is 0 Å². The van der Waals surface area contributed by atoms with E-state index in [4.69, 9.17) is 9.78 Å². The van der Waals surface area contributed by atoms with Gasteiger partial charge in [0, 0.05) is 19.0 Å². The predicted octanol–water partition coefficient (Wildman–Crippen LogP) is 2.62. The van der Waals surface area contributed by atoms with E-state index in [-0.39, 0.29) is 5.60 Å². The number of aryl methyl sites for hydroxylation is 2. The molecule has 8 heteroatoms. The molecule has 156 valence electrons. The zero-order valence-electron chi connectivity index (χ0n) is 17.4. The van der Waals surface area contributed by atoms with E-state index in [1.54, 1.807) is 12.3 Å². The summed E-state index contributed by atoms with van der Waals surface area (Å²) in [6, 6.07) is 5.76. The van der Waals surface area contributed by atoms with Crippen LogP contribution >= 0.6 is 0 Å². The minimum Gasteiger partial charge on any atom is -0.462 e. The van der Waals surface area contributed by atoms with Crippen molar-refractivity contribution < 1.29 is 14.1 Å². The second-order valence-corrected chi connectivity index (χ2v) is 7.99. The first-order chi connectivity index (χ1) is 13.9. The van der Waals surface area contributed by atoms with Gasteiger partial charge < -0.3 is 14.6 Å². The molecule has 0 amide bonds.